The maximum atomic E-state index is 11.2. The summed E-state index contributed by atoms with van der Waals surface area (Å²) in [5.41, 5.74) is 4.46. The van der Waals surface area contributed by atoms with Crippen LogP contribution in [0.2, 0.25) is 0 Å². The molecular weight excluding hydrogens is 400 g/mol. The lowest BCUT2D eigenvalue weighted by molar-refractivity contribution is 0.452. The number of rotatable bonds is 6. The van der Waals surface area contributed by atoms with E-state index in [4.69, 9.17) is 0 Å². The monoisotopic (exact) mass is 426 g/mol. The highest BCUT2D eigenvalue weighted by atomic mass is 16.3. The molecule has 0 aromatic heterocycles. The normalized spacial score (nSPS) is 11.1. The van der Waals surface area contributed by atoms with Crippen LogP contribution in [-0.4, -0.2) is 20.4 Å². The summed E-state index contributed by atoms with van der Waals surface area (Å²) in [5, 5.41) is 41.6. The smallest absolute Gasteiger partial charge is 0.127 e. The molecule has 0 saturated carbocycles. The fourth-order valence-electron chi connectivity index (χ4n) is 4.20. The largest absolute Gasteiger partial charge is 0.508 e. The molecule has 0 aliphatic carbocycles. The van der Waals surface area contributed by atoms with Crippen LogP contribution in [0.15, 0.2) is 84.9 Å². The van der Waals surface area contributed by atoms with Gasteiger partial charge in [-0.1, -0.05) is 74.0 Å². The van der Waals surface area contributed by atoms with E-state index in [0.29, 0.717) is 11.1 Å². The zero-order valence-electron chi connectivity index (χ0n) is 17.9. The predicted molar refractivity (Wildman–Crippen MR) is 127 cm³/mol. The quantitative estimate of drug-likeness (QED) is 0.274. The minimum absolute atomic E-state index is 0.171. The summed E-state index contributed by atoms with van der Waals surface area (Å²) in [6, 6.07) is 24.8. The highest BCUT2D eigenvalue weighted by molar-refractivity contribution is 5.75. The van der Waals surface area contributed by atoms with Gasteiger partial charge in [0, 0.05) is 28.2 Å². The Bertz CT molecular complexity index is 1120. The SMILES string of the molecule is CCCC(c1cccc(-c2ccc(O)cc2)c1O)c1cccc(-c2ccc(O)cc2)c1O. The van der Waals surface area contributed by atoms with Crippen molar-refractivity contribution in [2.24, 2.45) is 0 Å². The van der Waals surface area contributed by atoms with Gasteiger partial charge in [0.05, 0.1) is 0 Å². The van der Waals surface area contributed by atoms with Crippen LogP contribution in [0.4, 0.5) is 0 Å². The van der Waals surface area contributed by atoms with Crippen molar-refractivity contribution >= 4 is 0 Å². The zero-order chi connectivity index (χ0) is 22.7. The number of hydrogen-bond donors (Lipinski definition) is 4. The van der Waals surface area contributed by atoms with E-state index in [1.807, 2.05) is 36.4 Å². The first-order valence-electron chi connectivity index (χ1n) is 10.7. The first kappa shape index (κ1) is 21.3. The number of aromatic hydroxyl groups is 4. The van der Waals surface area contributed by atoms with Crippen molar-refractivity contribution in [3.8, 4) is 45.3 Å². The number of hydrogen-bond acceptors (Lipinski definition) is 4. The van der Waals surface area contributed by atoms with Gasteiger partial charge < -0.3 is 20.4 Å². The Balaban J connectivity index is 1.82. The van der Waals surface area contributed by atoms with Gasteiger partial charge in [0.25, 0.3) is 0 Å². The van der Waals surface area contributed by atoms with E-state index in [0.717, 1.165) is 35.1 Å². The molecule has 0 atom stereocenters. The van der Waals surface area contributed by atoms with Crippen molar-refractivity contribution in [1.82, 2.24) is 0 Å². The van der Waals surface area contributed by atoms with Gasteiger partial charge in [-0.15, -0.1) is 0 Å². The molecule has 162 valence electrons. The molecule has 4 rings (SSSR count). The van der Waals surface area contributed by atoms with Gasteiger partial charge in [-0.25, -0.2) is 0 Å². The Morgan fingerprint density at radius 1 is 0.562 bits per heavy atom. The second-order valence-corrected chi connectivity index (χ2v) is 7.92. The van der Waals surface area contributed by atoms with Gasteiger partial charge in [-0.2, -0.15) is 0 Å². The second kappa shape index (κ2) is 9.06. The van der Waals surface area contributed by atoms with Crippen molar-refractivity contribution in [3.05, 3.63) is 96.1 Å². The molecule has 0 aliphatic rings. The van der Waals surface area contributed by atoms with Crippen molar-refractivity contribution in [2.75, 3.05) is 0 Å². The summed E-state index contributed by atoms with van der Waals surface area (Å²) in [4.78, 5) is 0. The van der Waals surface area contributed by atoms with Crippen molar-refractivity contribution in [3.63, 3.8) is 0 Å². The van der Waals surface area contributed by atoms with Gasteiger partial charge in [0.15, 0.2) is 0 Å². The van der Waals surface area contributed by atoms with Crippen LogP contribution in [0, 0.1) is 0 Å². The lowest BCUT2D eigenvalue weighted by Crippen LogP contribution is -2.03. The van der Waals surface area contributed by atoms with E-state index >= 15 is 0 Å². The van der Waals surface area contributed by atoms with Gasteiger partial charge in [0.1, 0.15) is 23.0 Å². The molecule has 0 aliphatic heterocycles. The molecular formula is C28H26O4. The molecule has 0 heterocycles. The Kier molecular flexibility index (Phi) is 6.04. The molecule has 0 radical (unpaired) electrons. The Labute approximate surface area is 187 Å². The van der Waals surface area contributed by atoms with Gasteiger partial charge in [-0.05, 0) is 41.8 Å². The van der Waals surface area contributed by atoms with Crippen molar-refractivity contribution < 1.29 is 20.4 Å². The predicted octanol–water partition coefficient (Wildman–Crippen LogP) is 6.78. The number of phenolic OH excluding ortho intramolecular Hbond substituents is 4. The first-order chi connectivity index (χ1) is 15.5. The van der Waals surface area contributed by atoms with E-state index in [2.05, 4.69) is 6.92 Å². The highest BCUT2D eigenvalue weighted by Crippen LogP contribution is 2.45. The summed E-state index contributed by atoms with van der Waals surface area (Å²) in [6.07, 6.45) is 1.62. The molecule has 4 N–H and O–H groups in total. The molecule has 4 heteroatoms. The standard InChI is InChI=1S/C28H26O4/c1-2-5-24(25-8-3-6-22(27(25)31)18-10-14-20(29)15-11-18)26-9-4-7-23(28(26)32)19-12-16-21(30)17-13-19/h3-4,6-17,24,29-32H,2,5H2,1H3. The maximum absolute atomic E-state index is 11.2. The van der Waals surface area contributed by atoms with Crippen LogP contribution in [-0.2, 0) is 0 Å². The van der Waals surface area contributed by atoms with Gasteiger partial charge in [0.2, 0.25) is 0 Å². The molecule has 0 unspecified atom stereocenters. The molecule has 0 fully saturated rings. The second-order valence-electron chi connectivity index (χ2n) is 7.92. The molecule has 0 bridgehead atoms. The van der Waals surface area contributed by atoms with E-state index in [-0.39, 0.29) is 28.9 Å². The lowest BCUT2D eigenvalue weighted by Gasteiger charge is -2.22. The average molecular weight is 427 g/mol. The molecule has 0 saturated heterocycles. The fraction of sp³-hybridized carbons (Fsp3) is 0.143. The van der Waals surface area contributed by atoms with Gasteiger partial charge >= 0.3 is 0 Å². The molecule has 32 heavy (non-hydrogen) atoms. The molecule has 0 amide bonds. The minimum atomic E-state index is -0.200. The number of phenols is 4. The fourth-order valence-corrected chi connectivity index (χ4v) is 4.20. The summed E-state index contributed by atoms with van der Waals surface area (Å²) < 4.78 is 0. The minimum Gasteiger partial charge on any atom is -0.508 e. The number of para-hydroxylation sites is 2. The summed E-state index contributed by atoms with van der Waals surface area (Å²) >= 11 is 0. The molecule has 4 aromatic rings. The van der Waals surface area contributed by atoms with E-state index in [1.165, 1.54) is 0 Å². The highest BCUT2D eigenvalue weighted by Gasteiger charge is 2.23. The third-order valence-electron chi connectivity index (χ3n) is 5.82. The Hall–Kier alpha value is -3.92. The Morgan fingerprint density at radius 2 is 0.969 bits per heavy atom. The summed E-state index contributed by atoms with van der Waals surface area (Å²) in [5.74, 6) is 0.486. The number of benzene rings is 4. The molecule has 4 nitrogen and oxygen atoms in total. The van der Waals surface area contributed by atoms with E-state index in [9.17, 15) is 20.4 Å². The van der Waals surface area contributed by atoms with Crippen LogP contribution in [0.25, 0.3) is 22.3 Å². The average Bonchev–Trinajstić information content (AvgIpc) is 2.80. The van der Waals surface area contributed by atoms with E-state index < -0.39 is 0 Å². The van der Waals surface area contributed by atoms with Crippen LogP contribution < -0.4 is 0 Å². The van der Waals surface area contributed by atoms with E-state index in [1.54, 1.807) is 48.5 Å². The third kappa shape index (κ3) is 4.12. The van der Waals surface area contributed by atoms with Crippen LogP contribution in [0.3, 0.4) is 0 Å². The topological polar surface area (TPSA) is 80.9 Å². The zero-order valence-corrected chi connectivity index (χ0v) is 17.9. The third-order valence-corrected chi connectivity index (χ3v) is 5.82. The Morgan fingerprint density at radius 3 is 1.34 bits per heavy atom. The van der Waals surface area contributed by atoms with Crippen LogP contribution >= 0.6 is 0 Å². The summed E-state index contributed by atoms with van der Waals surface area (Å²) in [7, 11) is 0. The van der Waals surface area contributed by atoms with Gasteiger partial charge in [-0.3, -0.25) is 0 Å². The van der Waals surface area contributed by atoms with Crippen molar-refractivity contribution in [2.45, 2.75) is 25.7 Å². The lowest BCUT2D eigenvalue weighted by atomic mass is 9.83. The maximum Gasteiger partial charge on any atom is 0.127 e. The molecule has 0 spiro atoms. The van der Waals surface area contributed by atoms with Crippen molar-refractivity contribution in [1.29, 1.82) is 0 Å². The van der Waals surface area contributed by atoms with Crippen LogP contribution in [0.5, 0.6) is 23.0 Å². The first-order valence-corrected chi connectivity index (χ1v) is 10.7. The molecule has 4 aromatic carbocycles. The van der Waals surface area contributed by atoms with Crippen LogP contribution in [0.1, 0.15) is 36.8 Å². The summed E-state index contributed by atoms with van der Waals surface area (Å²) in [6.45, 7) is 2.08.